The summed E-state index contributed by atoms with van der Waals surface area (Å²) in [5.74, 6) is 0. The van der Waals surface area contributed by atoms with E-state index in [9.17, 15) is 0 Å². The topological polar surface area (TPSA) is 27.0 Å². The van der Waals surface area contributed by atoms with Crippen LogP contribution in [0.2, 0.25) is 0 Å². The van der Waals surface area contributed by atoms with Crippen LogP contribution >= 0.6 is 0 Å². The van der Waals surface area contributed by atoms with Crippen molar-refractivity contribution in [3.8, 4) is 6.07 Å². The van der Waals surface area contributed by atoms with Crippen LogP contribution in [0.4, 0.5) is 0 Å². The first-order chi connectivity index (χ1) is 4.88. The van der Waals surface area contributed by atoms with Crippen molar-refractivity contribution >= 4 is 0 Å². The van der Waals surface area contributed by atoms with E-state index in [2.05, 4.69) is 17.9 Å². The average Bonchev–Trinajstić information content (AvgIpc) is 2.43. The normalized spacial score (nSPS) is 22.4. The van der Waals surface area contributed by atoms with E-state index in [0.717, 1.165) is 19.5 Å². The molecule has 1 rings (SSSR count). The Bertz CT molecular complexity index is 131. The zero-order valence-electron chi connectivity index (χ0n) is 6.51. The average molecular weight is 138 g/mol. The second kappa shape index (κ2) is 3.58. The van der Waals surface area contributed by atoms with Crippen molar-refractivity contribution in [3.05, 3.63) is 0 Å². The highest BCUT2D eigenvalue weighted by Gasteiger charge is 2.18. The van der Waals surface area contributed by atoms with Crippen molar-refractivity contribution in [2.75, 3.05) is 13.1 Å². The molecule has 1 atom stereocenters. The van der Waals surface area contributed by atoms with Gasteiger partial charge in [-0.05, 0) is 32.4 Å². The highest BCUT2D eigenvalue weighted by Crippen LogP contribution is 2.12. The summed E-state index contributed by atoms with van der Waals surface area (Å²) in [6.07, 6.45) is 3.52. The highest BCUT2D eigenvalue weighted by molar-refractivity contribution is 4.92. The van der Waals surface area contributed by atoms with Crippen LogP contribution in [0.25, 0.3) is 0 Å². The summed E-state index contributed by atoms with van der Waals surface area (Å²) in [7, 11) is 0. The molecule has 1 saturated heterocycles. The van der Waals surface area contributed by atoms with Gasteiger partial charge in [0, 0.05) is 0 Å². The van der Waals surface area contributed by atoms with Gasteiger partial charge in [0.1, 0.15) is 0 Å². The molecule has 0 aliphatic carbocycles. The Morgan fingerprint density at radius 3 is 2.50 bits per heavy atom. The molecule has 2 nitrogen and oxygen atoms in total. The molecule has 1 aliphatic heterocycles. The van der Waals surface area contributed by atoms with Crippen LogP contribution < -0.4 is 0 Å². The SMILES string of the molecule is CC[C@H](C#N)N1CCCC1. The third-order valence-electron chi connectivity index (χ3n) is 2.12. The fraction of sp³-hybridized carbons (Fsp3) is 0.875. The van der Waals surface area contributed by atoms with Crippen LogP contribution in [0.15, 0.2) is 0 Å². The summed E-state index contributed by atoms with van der Waals surface area (Å²) in [5.41, 5.74) is 0. The molecule has 1 aliphatic rings. The zero-order chi connectivity index (χ0) is 7.40. The fourth-order valence-corrected chi connectivity index (χ4v) is 1.48. The molecule has 0 N–H and O–H groups in total. The summed E-state index contributed by atoms with van der Waals surface area (Å²) in [5, 5.41) is 8.69. The van der Waals surface area contributed by atoms with Crippen LogP contribution in [-0.4, -0.2) is 24.0 Å². The third kappa shape index (κ3) is 1.48. The molecular formula is C8H14N2. The predicted molar refractivity (Wildman–Crippen MR) is 40.5 cm³/mol. The molecule has 2 heteroatoms. The molecule has 0 amide bonds. The van der Waals surface area contributed by atoms with Crippen molar-refractivity contribution < 1.29 is 0 Å². The Hall–Kier alpha value is -0.550. The van der Waals surface area contributed by atoms with Crippen molar-refractivity contribution in [2.45, 2.75) is 32.2 Å². The lowest BCUT2D eigenvalue weighted by atomic mass is 10.2. The molecule has 0 aromatic heterocycles. The second-order valence-corrected chi connectivity index (χ2v) is 2.80. The number of hydrogen-bond acceptors (Lipinski definition) is 2. The molecule has 1 heterocycles. The van der Waals surface area contributed by atoms with Gasteiger partial charge in [0.05, 0.1) is 12.1 Å². The minimum atomic E-state index is 0.183. The maximum absolute atomic E-state index is 8.69. The quantitative estimate of drug-likeness (QED) is 0.576. The van der Waals surface area contributed by atoms with E-state index in [1.165, 1.54) is 12.8 Å². The number of likely N-dealkylation sites (tertiary alicyclic amines) is 1. The second-order valence-electron chi connectivity index (χ2n) is 2.80. The molecular weight excluding hydrogens is 124 g/mol. The van der Waals surface area contributed by atoms with Gasteiger partial charge in [-0.25, -0.2) is 0 Å². The van der Waals surface area contributed by atoms with Gasteiger partial charge >= 0.3 is 0 Å². The first-order valence-corrected chi connectivity index (χ1v) is 4.02. The number of nitrogens with zero attached hydrogens (tertiary/aromatic N) is 2. The van der Waals surface area contributed by atoms with Crippen LogP contribution in [0.5, 0.6) is 0 Å². The zero-order valence-corrected chi connectivity index (χ0v) is 6.51. The summed E-state index contributed by atoms with van der Waals surface area (Å²) in [6, 6.07) is 2.50. The first-order valence-electron chi connectivity index (χ1n) is 4.02. The maximum atomic E-state index is 8.69. The van der Waals surface area contributed by atoms with Crippen LogP contribution in [0, 0.1) is 11.3 Å². The fourth-order valence-electron chi connectivity index (χ4n) is 1.48. The molecule has 0 saturated carbocycles. The van der Waals surface area contributed by atoms with Gasteiger partial charge in [-0.1, -0.05) is 6.92 Å². The lowest BCUT2D eigenvalue weighted by molar-refractivity contribution is 0.284. The first kappa shape index (κ1) is 7.56. The van der Waals surface area contributed by atoms with E-state index < -0.39 is 0 Å². The van der Waals surface area contributed by atoms with Gasteiger partial charge in [0.2, 0.25) is 0 Å². The van der Waals surface area contributed by atoms with Crippen LogP contribution in [-0.2, 0) is 0 Å². The van der Waals surface area contributed by atoms with E-state index in [1.54, 1.807) is 0 Å². The van der Waals surface area contributed by atoms with Crippen molar-refractivity contribution in [1.82, 2.24) is 4.90 Å². The Morgan fingerprint density at radius 2 is 2.10 bits per heavy atom. The molecule has 56 valence electrons. The van der Waals surface area contributed by atoms with Crippen LogP contribution in [0.1, 0.15) is 26.2 Å². The molecule has 1 fully saturated rings. The van der Waals surface area contributed by atoms with Gasteiger partial charge in [-0.3, -0.25) is 4.90 Å². The number of hydrogen-bond donors (Lipinski definition) is 0. The highest BCUT2D eigenvalue weighted by atomic mass is 15.2. The van der Waals surface area contributed by atoms with Gasteiger partial charge in [-0.15, -0.1) is 0 Å². The molecule has 0 spiro atoms. The summed E-state index contributed by atoms with van der Waals surface area (Å²) < 4.78 is 0. The Kier molecular flexibility index (Phi) is 2.70. The number of nitriles is 1. The van der Waals surface area contributed by atoms with Gasteiger partial charge in [0.25, 0.3) is 0 Å². The summed E-state index contributed by atoms with van der Waals surface area (Å²) in [6.45, 7) is 4.34. The van der Waals surface area contributed by atoms with Gasteiger partial charge < -0.3 is 0 Å². The molecule has 0 radical (unpaired) electrons. The third-order valence-corrected chi connectivity index (χ3v) is 2.12. The van der Waals surface area contributed by atoms with E-state index in [-0.39, 0.29) is 6.04 Å². The van der Waals surface area contributed by atoms with Gasteiger partial charge in [0.15, 0.2) is 0 Å². The molecule has 0 unspecified atom stereocenters. The van der Waals surface area contributed by atoms with Crippen molar-refractivity contribution in [2.24, 2.45) is 0 Å². The lowest BCUT2D eigenvalue weighted by Gasteiger charge is -2.18. The molecule has 0 bridgehead atoms. The Morgan fingerprint density at radius 1 is 1.50 bits per heavy atom. The molecule has 10 heavy (non-hydrogen) atoms. The molecule has 0 aromatic carbocycles. The minimum absolute atomic E-state index is 0.183. The van der Waals surface area contributed by atoms with Crippen molar-refractivity contribution in [1.29, 1.82) is 5.26 Å². The predicted octanol–water partition coefficient (Wildman–Crippen LogP) is 1.38. The summed E-state index contributed by atoms with van der Waals surface area (Å²) in [4.78, 5) is 2.28. The number of rotatable bonds is 2. The van der Waals surface area contributed by atoms with E-state index in [0.29, 0.717) is 0 Å². The summed E-state index contributed by atoms with van der Waals surface area (Å²) >= 11 is 0. The minimum Gasteiger partial charge on any atom is -0.288 e. The van der Waals surface area contributed by atoms with Gasteiger partial charge in [-0.2, -0.15) is 5.26 Å². The largest absolute Gasteiger partial charge is 0.288 e. The smallest absolute Gasteiger partial charge is 0.0975 e. The van der Waals surface area contributed by atoms with E-state index in [1.807, 2.05) is 0 Å². The van der Waals surface area contributed by atoms with E-state index >= 15 is 0 Å². The van der Waals surface area contributed by atoms with Crippen molar-refractivity contribution in [3.63, 3.8) is 0 Å². The standard InChI is InChI=1S/C8H14N2/c1-2-8(7-9)10-5-3-4-6-10/h8H,2-6H2,1H3/t8-/m1/s1. The molecule has 0 aromatic rings. The van der Waals surface area contributed by atoms with E-state index in [4.69, 9.17) is 5.26 Å². The monoisotopic (exact) mass is 138 g/mol. The maximum Gasteiger partial charge on any atom is 0.0975 e. The Balaban J connectivity index is 2.38. The van der Waals surface area contributed by atoms with Crippen LogP contribution in [0.3, 0.4) is 0 Å². The Labute approximate surface area is 62.4 Å². The lowest BCUT2D eigenvalue weighted by Crippen LogP contribution is -2.30.